The zero-order valence-corrected chi connectivity index (χ0v) is 15.7. The van der Waals surface area contributed by atoms with Gasteiger partial charge < -0.3 is 20.5 Å². The van der Waals surface area contributed by atoms with E-state index in [-0.39, 0.29) is 17.6 Å². The summed E-state index contributed by atoms with van der Waals surface area (Å²) in [6.45, 7) is 0. The van der Waals surface area contributed by atoms with Crippen molar-refractivity contribution in [2.45, 2.75) is 6.04 Å². The molecule has 0 amide bonds. The van der Waals surface area contributed by atoms with Crippen molar-refractivity contribution in [3.05, 3.63) is 114 Å². The molecule has 4 N–H and O–H groups in total. The Bertz CT molecular complexity index is 1080. The van der Waals surface area contributed by atoms with E-state index in [1.807, 2.05) is 84.0 Å². The van der Waals surface area contributed by atoms with Crippen molar-refractivity contribution in [3.8, 4) is 16.9 Å². The van der Waals surface area contributed by atoms with E-state index in [4.69, 9.17) is 15.9 Å². The number of rotatable bonds is 5. The van der Waals surface area contributed by atoms with Gasteiger partial charge in [-0.3, -0.25) is 5.41 Å². The molecule has 1 aliphatic heterocycles. The monoisotopic (exact) mass is 383 g/mol. The van der Waals surface area contributed by atoms with Crippen molar-refractivity contribution in [2.75, 3.05) is 0 Å². The molecule has 3 aromatic carbocycles. The summed E-state index contributed by atoms with van der Waals surface area (Å²) in [4.78, 5) is 2.00. The van der Waals surface area contributed by atoms with E-state index >= 15 is 0 Å². The summed E-state index contributed by atoms with van der Waals surface area (Å²) in [5.41, 5.74) is 9.93. The van der Waals surface area contributed by atoms with E-state index in [2.05, 4.69) is 0 Å². The van der Waals surface area contributed by atoms with Crippen molar-refractivity contribution < 1.29 is 9.84 Å². The number of phenols is 1. The fraction of sp³-hybridized carbons (Fsp3) is 0.0417. The molecular formula is C24H21N3O2. The lowest BCUT2D eigenvalue weighted by Gasteiger charge is -2.31. The molecule has 1 heterocycles. The van der Waals surface area contributed by atoms with Crippen molar-refractivity contribution in [1.29, 1.82) is 5.41 Å². The molecule has 5 heteroatoms. The number of nitrogens with two attached hydrogens (primary N) is 1. The molecule has 29 heavy (non-hydrogen) atoms. The molecule has 0 spiro atoms. The molecule has 0 saturated heterocycles. The first kappa shape index (κ1) is 18.4. The smallest absolute Gasteiger partial charge is 0.123 e. The molecule has 0 bridgehead atoms. The van der Waals surface area contributed by atoms with Crippen LogP contribution in [0.2, 0.25) is 0 Å². The van der Waals surface area contributed by atoms with Crippen LogP contribution in [-0.2, 0) is 4.74 Å². The van der Waals surface area contributed by atoms with Crippen LogP contribution in [0.3, 0.4) is 0 Å². The summed E-state index contributed by atoms with van der Waals surface area (Å²) in [6.07, 6.45) is 6.88. The van der Waals surface area contributed by atoms with Crippen LogP contribution in [0.25, 0.3) is 11.1 Å². The van der Waals surface area contributed by atoms with E-state index < -0.39 is 0 Å². The van der Waals surface area contributed by atoms with Gasteiger partial charge in [-0.15, -0.1) is 0 Å². The van der Waals surface area contributed by atoms with Crippen molar-refractivity contribution >= 4 is 5.84 Å². The van der Waals surface area contributed by atoms with Crippen LogP contribution in [0, 0.1) is 5.41 Å². The quantitative estimate of drug-likeness (QED) is 0.440. The van der Waals surface area contributed by atoms with Crippen LogP contribution in [0.5, 0.6) is 5.75 Å². The number of ether oxygens (including phenoxy) is 1. The molecule has 3 aromatic rings. The van der Waals surface area contributed by atoms with Crippen LogP contribution < -0.4 is 5.73 Å². The van der Waals surface area contributed by atoms with Crippen LogP contribution in [-0.4, -0.2) is 15.8 Å². The molecule has 0 fully saturated rings. The predicted molar refractivity (Wildman–Crippen MR) is 114 cm³/mol. The lowest BCUT2D eigenvalue weighted by atomic mass is 9.89. The molecule has 0 saturated carbocycles. The van der Waals surface area contributed by atoms with Crippen molar-refractivity contribution in [2.24, 2.45) is 5.73 Å². The molecular weight excluding hydrogens is 362 g/mol. The number of hydrogen-bond acceptors (Lipinski definition) is 4. The second-order valence-corrected chi connectivity index (χ2v) is 6.70. The highest BCUT2D eigenvalue weighted by molar-refractivity contribution is 5.95. The van der Waals surface area contributed by atoms with Gasteiger partial charge >= 0.3 is 0 Å². The maximum absolute atomic E-state index is 10.7. The molecule has 0 radical (unpaired) electrons. The summed E-state index contributed by atoms with van der Waals surface area (Å²) >= 11 is 0. The zero-order valence-electron chi connectivity index (χ0n) is 15.7. The first-order valence-electron chi connectivity index (χ1n) is 9.23. The third-order valence-corrected chi connectivity index (χ3v) is 4.87. The van der Waals surface area contributed by atoms with Gasteiger partial charge in [-0.05, 0) is 28.8 Å². The number of nitrogens with zero attached hydrogens (tertiary/aromatic N) is 1. The SMILES string of the molecule is N=C(N)c1cccc(C(c2cccc(O)c2-c2ccccc2)N2C=COC=C2)c1. The fourth-order valence-electron chi connectivity index (χ4n) is 3.57. The van der Waals surface area contributed by atoms with Gasteiger partial charge in [0, 0.05) is 23.5 Å². The first-order valence-corrected chi connectivity index (χ1v) is 9.23. The lowest BCUT2D eigenvalue weighted by Crippen LogP contribution is -2.22. The van der Waals surface area contributed by atoms with Gasteiger partial charge in [0.05, 0.1) is 6.04 Å². The maximum Gasteiger partial charge on any atom is 0.123 e. The van der Waals surface area contributed by atoms with E-state index in [0.29, 0.717) is 5.56 Å². The molecule has 0 aromatic heterocycles. The van der Waals surface area contributed by atoms with Crippen molar-refractivity contribution in [1.82, 2.24) is 4.90 Å². The van der Waals surface area contributed by atoms with Gasteiger partial charge in [0.1, 0.15) is 24.1 Å². The van der Waals surface area contributed by atoms with Crippen LogP contribution in [0.1, 0.15) is 22.7 Å². The summed E-state index contributed by atoms with van der Waals surface area (Å²) in [6, 6.07) is 22.7. The van der Waals surface area contributed by atoms with Gasteiger partial charge in [0.25, 0.3) is 0 Å². The average molecular weight is 383 g/mol. The Morgan fingerprint density at radius 2 is 1.66 bits per heavy atom. The Hall–Kier alpha value is -3.99. The van der Waals surface area contributed by atoms with E-state index in [1.54, 1.807) is 18.6 Å². The summed E-state index contributed by atoms with van der Waals surface area (Å²) in [5, 5.41) is 18.6. The molecule has 1 atom stereocenters. The lowest BCUT2D eigenvalue weighted by molar-refractivity contribution is 0.322. The van der Waals surface area contributed by atoms with Crippen LogP contribution in [0.4, 0.5) is 0 Å². The third-order valence-electron chi connectivity index (χ3n) is 4.87. The van der Waals surface area contributed by atoms with E-state index in [9.17, 15) is 5.11 Å². The summed E-state index contributed by atoms with van der Waals surface area (Å²) in [7, 11) is 0. The zero-order chi connectivity index (χ0) is 20.2. The standard InChI is InChI=1S/C24H21N3O2/c25-24(26)19-9-4-8-18(16-19)23(27-12-14-29-15-13-27)20-10-5-11-21(28)22(20)17-6-2-1-3-7-17/h1-16,23,28H,(H3,25,26). The number of hydrogen-bond donors (Lipinski definition) is 3. The first-order chi connectivity index (χ1) is 14.1. The van der Waals surface area contributed by atoms with E-state index in [1.165, 1.54) is 0 Å². The largest absolute Gasteiger partial charge is 0.507 e. The average Bonchev–Trinajstić information content (AvgIpc) is 2.76. The Balaban J connectivity index is 1.94. The molecule has 144 valence electrons. The fourth-order valence-corrected chi connectivity index (χ4v) is 3.57. The maximum atomic E-state index is 10.7. The van der Waals surface area contributed by atoms with Gasteiger partial charge in [0.2, 0.25) is 0 Å². The minimum atomic E-state index is -0.256. The van der Waals surface area contributed by atoms with Gasteiger partial charge in [-0.2, -0.15) is 0 Å². The minimum Gasteiger partial charge on any atom is -0.507 e. The summed E-state index contributed by atoms with van der Waals surface area (Å²) in [5.74, 6) is 0.223. The molecule has 1 unspecified atom stereocenters. The Labute approximate surface area is 169 Å². The number of aromatic hydroxyl groups is 1. The second kappa shape index (κ2) is 7.94. The van der Waals surface area contributed by atoms with E-state index in [0.717, 1.165) is 22.3 Å². The highest BCUT2D eigenvalue weighted by Crippen LogP contribution is 2.41. The van der Waals surface area contributed by atoms with Crippen molar-refractivity contribution in [3.63, 3.8) is 0 Å². The number of benzene rings is 3. The van der Waals surface area contributed by atoms with Gasteiger partial charge in [-0.25, -0.2) is 0 Å². The second-order valence-electron chi connectivity index (χ2n) is 6.70. The number of nitrogens with one attached hydrogen (secondary N) is 1. The molecule has 0 aliphatic carbocycles. The predicted octanol–water partition coefficient (Wildman–Crippen LogP) is 4.71. The summed E-state index contributed by atoms with van der Waals surface area (Å²) < 4.78 is 5.22. The van der Waals surface area contributed by atoms with Gasteiger partial charge in [0.15, 0.2) is 0 Å². The highest BCUT2D eigenvalue weighted by atomic mass is 16.5. The Morgan fingerprint density at radius 3 is 2.38 bits per heavy atom. The van der Waals surface area contributed by atoms with Gasteiger partial charge in [-0.1, -0.05) is 60.7 Å². The highest BCUT2D eigenvalue weighted by Gasteiger charge is 2.25. The minimum absolute atomic E-state index is 0.0119. The number of phenolic OH excluding ortho intramolecular Hbond substituents is 1. The number of nitrogen functional groups attached to an aromatic ring is 1. The number of amidine groups is 1. The molecule has 4 rings (SSSR count). The topological polar surface area (TPSA) is 82.6 Å². The third kappa shape index (κ3) is 3.71. The molecule has 5 nitrogen and oxygen atoms in total. The molecule has 1 aliphatic rings. The Kier molecular flexibility index (Phi) is 5.03. The van der Waals surface area contributed by atoms with Crippen LogP contribution >= 0.6 is 0 Å². The van der Waals surface area contributed by atoms with Crippen LogP contribution in [0.15, 0.2) is 97.7 Å². The normalized spacial score (nSPS) is 13.7. The Morgan fingerprint density at radius 1 is 0.931 bits per heavy atom.